The van der Waals surface area contributed by atoms with Gasteiger partial charge in [0.05, 0.1) is 11.8 Å². The number of carbonyl (C=O) groups excluding carboxylic acids is 3. The van der Waals surface area contributed by atoms with Crippen LogP contribution in [0.1, 0.15) is 165 Å². The predicted molar refractivity (Wildman–Crippen MR) is 204 cm³/mol. The topological polar surface area (TPSA) is 101 Å². The molecule has 0 bridgehead atoms. The van der Waals surface area contributed by atoms with E-state index in [0.717, 1.165) is 95.6 Å². The van der Waals surface area contributed by atoms with Gasteiger partial charge in [-0.25, -0.2) is 0 Å². The first kappa shape index (κ1) is 39.5. The van der Waals surface area contributed by atoms with E-state index >= 15 is 0 Å². The minimum absolute atomic E-state index is 0.0766. The van der Waals surface area contributed by atoms with Crippen LogP contribution in [0.4, 0.5) is 0 Å². The number of ketones is 1. The molecule has 7 nitrogen and oxygen atoms in total. The van der Waals surface area contributed by atoms with Crippen molar-refractivity contribution >= 4 is 23.6 Å². The Morgan fingerprint density at radius 2 is 1.54 bits per heavy atom. The third-order valence-electron chi connectivity index (χ3n) is 17.2. The van der Waals surface area contributed by atoms with Gasteiger partial charge in [0.1, 0.15) is 6.10 Å². The van der Waals surface area contributed by atoms with Crippen LogP contribution in [0.5, 0.6) is 0 Å². The van der Waals surface area contributed by atoms with Gasteiger partial charge in [-0.2, -0.15) is 0 Å². The van der Waals surface area contributed by atoms with E-state index in [9.17, 15) is 24.3 Å². The first-order chi connectivity index (χ1) is 24.1. The van der Waals surface area contributed by atoms with Gasteiger partial charge >= 0.3 is 11.9 Å². The molecule has 7 heteroatoms. The van der Waals surface area contributed by atoms with Gasteiger partial charge in [-0.3, -0.25) is 19.2 Å². The largest absolute Gasteiger partial charge is 0.481 e. The summed E-state index contributed by atoms with van der Waals surface area (Å²) in [4.78, 5) is 54.5. The fraction of sp³-hybridized carbons (Fsp3) is 0.867. The summed E-state index contributed by atoms with van der Waals surface area (Å²) in [6.45, 7) is 20.7. The van der Waals surface area contributed by atoms with Crippen molar-refractivity contribution in [2.75, 3.05) is 13.6 Å². The molecule has 0 aliphatic heterocycles. The Morgan fingerprint density at radius 1 is 0.865 bits per heavy atom. The quantitative estimate of drug-likeness (QED) is 0.238. The Morgan fingerprint density at radius 3 is 2.17 bits per heavy atom. The van der Waals surface area contributed by atoms with Crippen LogP contribution in [-0.4, -0.2) is 53.3 Å². The molecule has 0 spiro atoms. The van der Waals surface area contributed by atoms with Crippen LogP contribution < -0.4 is 0 Å². The number of rotatable bonds is 9. The average molecular weight is 722 g/mol. The molecule has 0 aromatic heterocycles. The van der Waals surface area contributed by atoms with Gasteiger partial charge in [0.25, 0.3) is 0 Å². The van der Waals surface area contributed by atoms with Crippen molar-refractivity contribution in [3.05, 3.63) is 11.1 Å². The number of carbonyl (C=O) groups is 4. The molecule has 52 heavy (non-hydrogen) atoms. The lowest BCUT2D eigenvalue weighted by Gasteiger charge is -2.72. The summed E-state index contributed by atoms with van der Waals surface area (Å²) in [7, 11) is 2.00. The Hall–Kier alpha value is -2.18. The lowest BCUT2D eigenvalue weighted by Crippen LogP contribution is -2.65. The van der Waals surface area contributed by atoms with Crippen molar-refractivity contribution in [3.8, 4) is 0 Å². The van der Waals surface area contributed by atoms with Crippen LogP contribution >= 0.6 is 0 Å². The van der Waals surface area contributed by atoms with E-state index in [0.29, 0.717) is 35.9 Å². The number of amides is 1. The monoisotopic (exact) mass is 722 g/mol. The summed E-state index contributed by atoms with van der Waals surface area (Å²) in [6.07, 6.45) is 15.2. The molecule has 0 aromatic rings. The molecule has 5 saturated carbocycles. The first-order valence-electron chi connectivity index (χ1n) is 21.1. The molecule has 6 aliphatic rings. The van der Waals surface area contributed by atoms with E-state index in [1.807, 2.05) is 11.9 Å². The minimum Gasteiger partial charge on any atom is -0.481 e. The normalized spacial score (nSPS) is 38.9. The maximum atomic E-state index is 14.1. The molecule has 1 N–H and O–H groups in total. The predicted octanol–water partition coefficient (Wildman–Crippen LogP) is 9.81. The second-order valence-electron chi connectivity index (χ2n) is 21.0. The summed E-state index contributed by atoms with van der Waals surface area (Å²) in [5.41, 5.74) is 1.40. The Labute approximate surface area is 314 Å². The highest BCUT2D eigenvalue weighted by molar-refractivity contribution is 6.00. The smallest absolute Gasteiger partial charge is 0.309 e. The van der Waals surface area contributed by atoms with Crippen LogP contribution in [0, 0.1) is 62.1 Å². The maximum absolute atomic E-state index is 14.1. The third-order valence-corrected chi connectivity index (χ3v) is 17.2. The zero-order valence-corrected chi connectivity index (χ0v) is 34.4. The summed E-state index contributed by atoms with van der Waals surface area (Å²) in [5.74, 6) is 0.972. The second-order valence-corrected chi connectivity index (χ2v) is 21.0. The van der Waals surface area contributed by atoms with Gasteiger partial charge in [-0.15, -0.1) is 0 Å². The standard InChI is InChI=1S/C45H71NO6/c1-28(2)36-31(47)26-45(24-25-46(10)38(49)29-14-12-11-13-15-29)23-22-43(8)30(37(36)45)16-17-33-42(7)20-19-34(52-35(48)27-40(3,4)39(50)51)41(5,6)32(42)18-21-44(33,43)9/h28-30,32-34H,11-27H2,1-10H3,(H,50,51)/t30-,32?,33?,34+,42+,43-,44-,45-/m1/s1. The minimum atomic E-state index is -1.15. The van der Waals surface area contributed by atoms with Crippen molar-refractivity contribution in [2.24, 2.45) is 62.1 Å². The van der Waals surface area contributed by atoms with Gasteiger partial charge < -0.3 is 14.7 Å². The number of allylic oxidation sites excluding steroid dienone is 2. The van der Waals surface area contributed by atoms with E-state index in [-0.39, 0.29) is 51.4 Å². The van der Waals surface area contributed by atoms with Crippen molar-refractivity contribution < 1.29 is 29.0 Å². The molecule has 0 heterocycles. The molecule has 0 saturated heterocycles. The number of ether oxygens (including phenoxy) is 1. The van der Waals surface area contributed by atoms with Crippen LogP contribution in [0.25, 0.3) is 0 Å². The fourth-order valence-electron chi connectivity index (χ4n) is 14.0. The molecular formula is C45H71NO6. The van der Waals surface area contributed by atoms with E-state index in [4.69, 9.17) is 4.74 Å². The molecule has 2 unspecified atom stereocenters. The Kier molecular flexibility index (Phi) is 10.3. The summed E-state index contributed by atoms with van der Waals surface area (Å²) in [6, 6.07) is 0. The zero-order chi connectivity index (χ0) is 38.2. The molecule has 0 aromatic carbocycles. The SMILES string of the molecule is CC(C)C1=C2[C@H]3CCC4[C@@]5(C)CC[C@H](OC(=O)CC(C)(C)C(=O)O)C(C)(C)C5CC[C@@]4(C)[C@]3(C)CC[C@@]2(CCN(C)C(=O)C2CCCCC2)CC1=O. The molecule has 6 rings (SSSR count). The lowest BCUT2D eigenvalue weighted by molar-refractivity contribution is -0.233. The van der Waals surface area contributed by atoms with Crippen molar-refractivity contribution in [1.29, 1.82) is 0 Å². The van der Waals surface area contributed by atoms with E-state index in [1.165, 1.54) is 12.0 Å². The number of aliphatic carboxylic acids is 1. The van der Waals surface area contributed by atoms with Crippen LogP contribution in [0.15, 0.2) is 11.1 Å². The highest BCUT2D eigenvalue weighted by Crippen LogP contribution is 2.77. The highest BCUT2D eigenvalue weighted by Gasteiger charge is 2.70. The molecule has 0 radical (unpaired) electrons. The number of hydrogen-bond donors (Lipinski definition) is 1. The second kappa shape index (κ2) is 13.5. The lowest BCUT2D eigenvalue weighted by atomic mass is 9.33. The molecule has 8 atom stereocenters. The highest BCUT2D eigenvalue weighted by atomic mass is 16.5. The first-order valence-corrected chi connectivity index (χ1v) is 21.1. The summed E-state index contributed by atoms with van der Waals surface area (Å²) < 4.78 is 6.18. The summed E-state index contributed by atoms with van der Waals surface area (Å²) in [5, 5.41) is 9.62. The fourth-order valence-corrected chi connectivity index (χ4v) is 14.0. The number of carboxylic acid groups (broad SMARTS) is 1. The van der Waals surface area contributed by atoms with Gasteiger partial charge in [0.2, 0.25) is 5.91 Å². The number of carboxylic acids is 1. The number of nitrogens with zero attached hydrogens (tertiary/aromatic N) is 1. The average Bonchev–Trinajstić information content (AvgIpc) is 3.37. The third kappa shape index (κ3) is 6.13. The number of hydrogen-bond acceptors (Lipinski definition) is 5. The Balaban J connectivity index is 1.25. The van der Waals surface area contributed by atoms with Crippen LogP contribution in [-0.2, 0) is 23.9 Å². The zero-order valence-electron chi connectivity index (χ0n) is 34.4. The van der Waals surface area contributed by atoms with E-state index in [1.54, 1.807) is 13.8 Å². The molecule has 1 amide bonds. The van der Waals surface area contributed by atoms with Crippen LogP contribution in [0.2, 0.25) is 0 Å². The maximum Gasteiger partial charge on any atom is 0.309 e. The molecular weight excluding hydrogens is 650 g/mol. The Bertz CT molecular complexity index is 1490. The molecule has 5 fully saturated rings. The summed E-state index contributed by atoms with van der Waals surface area (Å²) >= 11 is 0. The van der Waals surface area contributed by atoms with Crippen molar-refractivity contribution in [3.63, 3.8) is 0 Å². The van der Waals surface area contributed by atoms with E-state index < -0.39 is 17.4 Å². The number of esters is 1. The van der Waals surface area contributed by atoms with Crippen molar-refractivity contribution in [2.45, 2.75) is 171 Å². The van der Waals surface area contributed by atoms with E-state index in [2.05, 4.69) is 48.5 Å². The van der Waals surface area contributed by atoms with Crippen LogP contribution in [0.3, 0.4) is 0 Å². The van der Waals surface area contributed by atoms with Crippen molar-refractivity contribution in [1.82, 2.24) is 4.90 Å². The van der Waals surface area contributed by atoms with Gasteiger partial charge in [-0.05, 0) is 130 Å². The molecule has 6 aliphatic carbocycles. The van der Waals surface area contributed by atoms with Gasteiger partial charge in [0.15, 0.2) is 5.78 Å². The molecule has 292 valence electrons. The number of fused-ring (bicyclic) bond motifs is 7. The van der Waals surface area contributed by atoms with Gasteiger partial charge in [-0.1, -0.05) is 73.3 Å². The van der Waals surface area contributed by atoms with Gasteiger partial charge in [0, 0.05) is 36.8 Å². The number of Topliss-reactive ketones (excluding diaryl/α,β-unsaturated/α-hetero) is 1.